The SMILES string of the molecule is COCCCN1C(=O)c2ccc(C(=O)Oc3ccc4c(c3)OCO4)cc2C1=O. The molecule has 2 aliphatic rings. The van der Waals surface area contributed by atoms with Crippen molar-refractivity contribution in [3.8, 4) is 17.2 Å². The first-order chi connectivity index (χ1) is 13.6. The highest BCUT2D eigenvalue weighted by atomic mass is 16.7. The Kier molecular flexibility index (Phi) is 4.70. The van der Waals surface area contributed by atoms with Gasteiger partial charge in [0.25, 0.3) is 11.8 Å². The van der Waals surface area contributed by atoms with Crippen LogP contribution in [0.5, 0.6) is 17.2 Å². The van der Waals surface area contributed by atoms with Gasteiger partial charge in [-0.25, -0.2) is 4.79 Å². The lowest BCUT2D eigenvalue weighted by Crippen LogP contribution is -2.31. The summed E-state index contributed by atoms with van der Waals surface area (Å²) in [6.45, 7) is 0.826. The third kappa shape index (κ3) is 3.18. The van der Waals surface area contributed by atoms with Crippen LogP contribution in [0.25, 0.3) is 0 Å². The smallest absolute Gasteiger partial charge is 0.343 e. The topological polar surface area (TPSA) is 91.4 Å². The fourth-order valence-corrected chi connectivity index (χ4v) is 3.09. The van der Waals surface area contributed by atoms with Gasteiger partial charge in [-0.15, -0.1) is 0 Å². The molecule has 2 amide bonds. The molecule has 0 saturated heterocycles. The molecule has 2 aromatic carbocycles. The highest BCUT2D eigenvalue weighted by Gasteiger charge is 2.35. The van der Waals surface area contributed by atoms with Gasteiger partial charge in [0, 0.05) is 26.3 Å². The monoisotopic (exact) mass is 383 g/mol. The number of benzene rings is 2. The van der Waals surface area contributed by atoms with Crippen LogP contribution >= 0.6 is 0 Å². The molecule has 28 heavy (non-hydrogen) atoms. The van der Waals surface area contributed by atoms with Crippen molar-refractivity contribution in [2.75, 3.05) is 27.1 Å². The number of rotatable bonds is 6. The Balaban J connectivity index is 1.51. The second-order valence-corrected chi connectivity index (χ2v) is 6.27. The fraction of sp³-hybridized carbons (Fsp3) is 0.250. The fourth-order valence-electron chi connectivity index (χ4n) is 3.09. The highest BCUT2D eigenvalue weighted by molar-refractivity contribution is 6.22. The van der Waals surface area contributed by atoms with Crippen molar-refractivity contribution in [3.63, 3.8) is 0 Å². The Morgan fingerprint density at radius 3 is 2.64 bits per heavy atom. The predicted octanol–water partition coefficient (Wildman–Crippen LogP) is 2.27. The summed E-state index contributed by atoms with van der Waals surface area (Å²) in [4.78, 5) is 38.6. The average Bonchev–Trinajstić information content (AvgIpc) is 3.26. The number of nitrogens with zero attached hydrogens (tertiary/aromatic N) is 1. The van der Waals surface area contributed by atoms with Gasteiger partial charge < -0.3 is 18.9 Å². The molecule has 0 unspecified atom stereocenters. The van der Waals surface area contributed by atoms with E-state index in [0.29, 0.717) is 30.3 Å². The molecule has 144 valence electrons. The van der Waals surface area contributed by atoms with Crippen molar-refractivity contribution in [3.05, 3.63) is 53.1 Å². The molecular weight excluding hydrogens is 366 g/mol. The molecule has 0 spiro atoms. The van der Waals surface area contributed by atoms with Crippen LogP contribution in [0.15, 0.2) is 36.4 Å². The maximum absolute atomic E-state index is 12.5. The van der Waals surface area contributed by atoms with Crippen molar-refractivity contribution < 1.29 is 33.3 Å². The summed E-state index contributed by atoms with van der Waals surface area (Å²) >= 11 is 0. The second kappa shape index (κ2) is 7.32. The van der Waals surface area contributed by atoms with Gasteiger partial charge in [-0.2, -0.15) is 0 Å². The number of amides is 2. The number of ether oxygens (including phenoxy) is 4. The van der Waals surface area contributed by atoms with E-state index < -0.39 is 11.9 Å². The molecule has 0 N–H and O–H groups in total. The van der Waals surface area contributed by atoms with Crippen molar-refractivity contribution >= 4 is 17.8 Å². The van der Waals surface area contributed by atoms with Crippen LogP contribution in [0.2, 0.25) is 0 Å². The quantitative estimate of drug-likeness (QED) is 0.327. The molecule has 0 aliphatic carbocycles. The minimum Gasteiger partial charge on any atom is -0.454 e. The lowest BCUT2D eigenvalue weighted by Gasteiger charge is -2.12. The summed E-state index contributed by atoms with van der Waals surface area (Å²) in [5.41, 5.74) is 0.654. The first kappa shape index (κ1) is 18.0. The summed E-state index contributed by atoms with van der Waals surface area (Å²) in [7, 11) is 1.56. The molecule has 0 radical (unpaired) electrons. The van der Waals surface area contributed by atoms with E-state index in [1.165, 1.54) is 18.2 Å². The molecule has 0 aromatic heterocycles. The first-order valence-corrected chi connectivity index (χ1v) is 8.69. The van der Waals surface area contributed by atoms with Crippen LogP contribution in [-0.4, -0.2) is 49.7 Å². The van der Waals surface area contributed by atoms with E-state index in [0.717, 1.165) is 4.90 Å². The standard InChI is InChI=1S/C20H17NO7/c1-25-8-2-7-21-18(22)14-5-3-12(9-15(14)19(21)23)20(24)28-13-4-6-16-17(10-13)27-11-26-16/h3-6,9-10H,2,7-8,11H2,1H3. The van der Waals surface area contributed by atoms with Crippen molar-refractivity contribution in [2.45, 2.75) is 6.42 Å². The van der Waals surface area contributed by atoms with Gasteiger partial charge in [0.05, 0.1) is 16.7 Å². The Labute approximate surface area is 160 Å². The number of hydrogen-bond acceptors (Lipinski definition) is 7. The van der Waals surface area contributed by atoms with E-state index in [4.69, 9.17) is 18.9 Å². The highest BCUT2D eigenvalue weighted by Crippen LogP contribution is 2.35. The van der Waals surface area contributed by atoms with Gasteiger partial charge >= 0.3 is 5.97 Å². The molecule has 0 fully saturated rings. The van der Waals surface area contributed by atoms with Crippen molar-refractivity contribution in [2.24, 2.45) is 0 Å². The lowest BCUT2D eigenvalue weighted by molar-refractivity contribution is 0.0638. The number of fused-ring (bicyclic) bond motifs is 2. The molecule has 2 aromatic rings. The number of carbonyl (C=O) groups is 3. The molecular formula is C20H17NO7. The molecule has 2 aliphatic heterocycles. The van der Waals surface area contributed by atoms with Crippen LogP contribution in [0.1, 0.15) is 37.5 Å². The van der Waals surface area contributed by atoms with E-state index in [1.807, 2.05) is 0 Å². The van der Waals surface area contributed by atoms with E-state index in [9.17, 15) is 14.4 Å². The number of imide groups is 1. The van der Waals surface area contributed by atoms with Gasteiger partial charge in [-0.05, 0) is 36.8 Å². The number of hydrogen-bond donors (Lipinski definition) is 0. The van der Waals surface area contributed by atoms with E-state index >= 15 is 0 Å². The van der Waals surface area contributed by atoms with Crippen LogP contribution < -0.4 is 14.2 Å². The Hall–Kier alpha value is -3.39. The van der Waals surface area contributed by atoms with Crippen molar-refractivity contribution in [1.29, 1.82) is 0 Å². The van der Waals surface area contributed by atoms with E-state index in [-0.39, 0.29) is 35.9 Å². The molecule has 0 bridgehead atoms. The summed E-state index contributed by atoms with van der Waals surface area (Å²) in [6, 6.07) is 9.12. The Morgan fingerprint density at radius 1 is 1.04 bits per heavy atom. The summed E-state index contributed by atoms with van der Waals surface area (Å²) < 4.78 is 20.8. The third-order valence-electron chi connectivity index (χ3n) is 4.49. The van der Waals surface area contributed by atoms with Gasteiger partial charge in [0.15, 0.2) is 11.5 Å². The van der Waals surface area contributed by atoms with E-state index in [1.54, 1.807) is 25.3 Å². The molecule has 4 rings (SSSR count). The zero-order chi connectivity index (χ0) is 19.7. The van der Waals surface area contributed by atoms with Gasteiger partial charge in [-0.1, -0.05) is 0 Å². The van der Waals surface area contributed by atoms with Gasteiger partial charge in [0.1, 0.15) is 5.75 Å². The molecule has 2 heterocycles. The summed E-state index contributed by atoms with van der Waals surface area (Å²) in [5, 5.41) is 0. The number of esters is 1. The maximum atomic E-state index is 12.5. The average molecular weight is 383 g/mol. The predicted molar refractivity (Wildman–Crippen MR) is 95.8 cm³/mol. The molecule has 0 saturated carbocycles. The van der Waals surface area contributed by atoms with Crippen LogP contribution in [0.3, 0.4) is 0 Å². The lowest BCUT2D eigenvalue weighted by atomic mass is 10.1. The molecule has 0 atom stereocenters. The van der Waals surface area contributed by atoms with Gasteiger partial charge in [0.2, 0.25) is 6.79 Å². The molecule has 8 nitrogen and oxygen atoms in total. The van der Waals surface area contributed by atoms with E-state index in [2.05, 4.69) is 0 Å². The zero-order valence-corrected chi connectivity index (χ0v) is 15.1. The number of methoxy groups -OCH3 is 1. The second-order valence-electron chi connectivity index (χ2n) is 6.27. The minimum absolute atomic E-state index is 0.120. The minimum atomic E-state index is -0.639. The normalized spacial score (nSPS) is 14.4. The summed E-state index contributed by atoms with van der Waals surface area (Å²) in [6.07, 6.45) is 0.543. The zero-order valence-electron chi connectivity index (χ0n) is 15.1. The maximum Gasteiger partial charge on any atom is 0.343 e. The summed E-state index contributed by atoms with van der Waals surface area (Å²) in [5.74, 6) is -0.0690. The molecule has 8 heteroatoms. The number of carbonyl (C=O) groups excluding carboxylic acids is 3. The first-order valence-electron chi connectivity index (χ1n) is 8.69. The van der Waals surface area contributed by atoms with Crippen LogP contribution in [-0.2, 0) is 4.74 Å². The van der Waals surface area contributed by atoms with Gasteiger partial charge in [-0.3, -0.25) is 14.5 Å². The Bertz CT molecular complexity index is 969. The largest absolute Gasteiger partial charge is 0.454 e. The van der Waals surface area contributed by atoms with Crippen LogP contribution in [0.4, 0.5) is 0 Å². The van der Waals surface area contributed by atoms with Crippen molar-refractivity contribution in [1.82, 2.24) is 4.90 Å². The third-order valence-corrected chi connectivity index (χ3v) is 4.49. The van der Waals surface area contributed by atoms with Crippen LogP contribution in [0, 0.1) is 0 Å². The Morgan fingerprint density at radius 2 is 1.82 bits per heavy atom.